The van der Waals surface area contributed by atoms with Crippen LogP contribution >= 0.6 is 22.9 Å². The van der Waals surface area contributed by atoms with E-state index < -0.39 is 0 Å². The molecular formula is C15H13ClN4OS. The fraction of sp³-hybridized carbons (Fsp3) is 0.133. The minimum atomic E-state index is -0.00155. The average Bonchev–Trinajstić information content (AvgIpc) is 2.78. The van der Waals surface area contributed by atoms with Crippen molar-refractivity contribution in [1.82, 2.24) is 14.5 Å². The zero-order valence-electron chi connectivity index (χ0n) is 12.0. The lowest BCUT2D eigenvalue weighted by Crippen LogP contribution is -2.08. The van der Waals surface area contributed by atoms with Crippen molar-refractivity contribution in [2.45, 2.75) is 6.92 Å². The molecule has 22 heavy (non-hydrogen) atoms. The summed E-state index contributed by atoms with van der Waals surface area (Å²) in [4.78, 5) is 21.3. The summed E-state index contributed by atoms with van der Waals surface area (Å²) in [7, 11) is 1.76. The van der Waals surface area contributed by atoms with Gasteiger partial charge in [-0.2, -0.15) is 0 Å². The highest BCUT2D eigenvalue weighted by Crippen LogP contribution is 2.25. The standard InChI is InChI=1S/C15H13ClN4OS/c1-9-13(22-15(21)20(9)2)12-7-8-17-14(19-12)18-11-5-3-10(16)4-6-11/h3-8H,1-2H3,(H,17,18,19). The molecule has 2 aromatic heterocycles. The zero-order chi connectivity index (χ0) is 15.7. The van der Waals surface area contributed by atoms with Crippen molar-refractivity contribution in [2.75, 3.05) is 5.32 Å². The number of benzene rings is 1. The van der Waals surface area contributed by atoms with Crippen LogP contribution in [0.2, 0.25) is 5.02 Å². The normalized spacial score (nSPS) is 10.7. The largest absolute Gasteiger partial charge is 0.324 e. The van der Waals surface area contributed by atoms with Crippen molar-refractivity contribution in [1.29, 1.82) is 0 Å². The quantitative estimate of drug-likeness (QED) is 0.796. The molecule has 0 saturated heterocycles. The summed E-state index contributed by atoms with van der Waals surface area (Å²) in [5, 5.41) is 3.79. The van der Waals surface area contributed by atoms with Gasteiger partial charge in [-0.1, -0.05) is 22.9 Å². The molecule has 0 fully saturated rings. The van der Waals surface area contributed by atoms with E-state index in [1.54, 1.807) is 36.0 Å². The first kappa shape index (κ1) is 14.7. The second-order valence-corrected chi connectivity index (χ2v) is 6.14. The number of anilines is 2. The van der Waals surface area contributed by atoms with E-state index in [0.29, 0.717) is 11.0 Å². The van der Waals surface area contributed by atoms with Gasteiger partial charge in [-0.05, 0) is 37.3 Å². The first-order chi connectivity index (χ1) is 10.5. The van der Waals surface area contributed by atoms with Crippen LogP contribution in [-0.2, 0) is 7.05 Å². The molecule has 3 aromatic rings. The maximum atomic E-state index is 11.8. The Labute approximate surface area is 136 Å². The number of rotatable bonds is 3. The third-order valence-corrected chi connectivity index (χ3v) is 4.69. The van der Waals surface area contributed by atoms with Gasteiger partial charge in [0.1, 0.15) is 0 Å². The van der Waals surface area contributed by atoms with Crippen molar-refractivity contribution in [3.05, 3.63) is 56.9 Å². The molecule has 0 aliphatic carbocycles. The lowest BCUT2D eigenvalue weighted by molar-refractivity contribution is 0.854. The minimum absolute atomic E-state index is 0.00155. The van der Waals surface area contributed by atoms with Crippen LogP contribution in [0, 0.1) is 6.92 Å². The summed E-state index contributed by atoms with van der Waals surface area (Å²) in [6.45, 7) is 1.90. The van der Waals surface area contributed by atoms with Crippen molar-refractivity contribution >= 4 is 34.6 Å². The second kappa shape index (κ2) is 5.90. The third-order valence-electron chi connectivity index (χ3n) is 3.28. The van der Waals surface area contributed by atoms with Crippen LogP contribution in [0.4, 0.5) is 11.6 Å². The van der Waals surface area contributed by atoms with Crippen molar-refractivity contribution in [3.8, 4) is 10.6 Å². The number of nitrogens with one attached hydrogen (secondary N) is 1. The zero-order valence-corrected chi connectivity index (χ0v) is 13.6. The van der Waals surface area contributed by atoms with Crippen molar-refractivity contribution in [2.24, 2.45) is 7.05 Å². The van der Waals surface area contributed by atoms with E-state index in [1.807, 2.05) is 19.1 Å². The second-order valence-electron chi connectivity index (χ2n) is 4.74. The monoisotopic (exact) mass is 332 g/mol. The molecule has 1 aromatic carbocycles. The van der Waals surface area contributed by atoms with Crippen LogP contribution in [-0.4, -0.2) is 14.5 Å². The molecule has 0 unspecified atom stereocenters. The Kier molecular flexibility index (Phi) is 3.96. The SMILES string of the molecule is Cc1c(-c2ccnc(Nc3ccc(Cl)cc3)n2)sc(=O)n1C. The Balaban J connectivity index is 1.94. The van der Waals surface area contributed by atoms with E-state index in [0.717, 1.165) is 22.0 Å². The highest BCUT2D eigenvalue weighted by molar-refractivity contribution is 7.13. The summed E-state index contributed by atoms with van der Waals surface area (Å²) in [6.07, 6.45) is 1.67. The molecule has 0 atom stereocenters. The fourth-order valence-corrected chi connectivity index (χ4v) is 3.04. The molecule has 0 amide bonds. The summed E-state index contributed by atoms with van der Waals surface area (Å²) < 4.78 is 1.62. The Morgan fingerprint density at radius 1 is 1.23 bits per heavy atom. The van der Waals surface area contributed by atoms with E-state index in [-0.39, 0.29) is 4.87 Å². The van der Waals surface area contributed by atoms with Crippen LogP contribution < -0.4 is 10.2 Å². The molecule has 3 rings (SSSR count). The van der Waals surface area contributed by atoms with Gasteiger partial charge >= 0.3 is 4.87 Å². The van der Waals surface area contributed by atoms with Gasteiger partial charge < -0.3 is 9.88 Å². The molecule has 7 heteroatoms. The lowest BCUT2D eigenvalue weighted by atomic mass is 10.3. The number of halogens is 1. The van der Waals surface area contributed by atoms with Crippen LogP contribution in [0.15, 0.2) is 41.3 Å². The number of nitrogens with zero attached hydrogens (tertiary/aromatic N) is 3. The molecule has 0 aliphatic heterocycles. The van der Waals surface area contributed by atoms with Crippen LogP contribution in [0.1, 0.15) is 5.69 Å². The summed E-state index contributed by atoms with van der Waals surface area (Å²) in [5.74, 6) is 0.475. The number of hydrogen-bond donors (Lipinski definition) is 1. The van der Waals surface area contributed by atoms with Gasteiger partial charge in [0.05, 0.1) is 10.6 Å². The van der Waals surface area contributed by atoms with E-state index in [2.05, 4.69) is 15.3 Å². The first-order valence-corrected chi connectivity index (χ1v) is 7.76. The molecular weight excluding hydrogens is 320 g/mol. The van der Waals surface area contributed by atoms with Gasteiger partial charge in [-0.15, -0.1) is 0 Å². The Bertz CT molecular complexity index is 870. The predicted octanol–water partition coefficient (Wildman–Crippen LogP) is 3.61. The molecule has 0 spiro atoms. The lowest BCUT2D eigenvalue weighted by Gasteiger charge is -2.06. The van der Waals surface area contributed by atoms with Gasteiger partial charge in [0.15, 0.2) is 0 Å². The molecule has 1 N–H and O–H groups in total. The number of aromatic nitrogens is 3. The molecule has 0 radical (unpaired) electrons. The number of thiazole rings is 1. The molecule has 0 bridgehead atoms. The molecule has 2 heterocycles. The maximum absolute atomic E-state index is 11.8. The molecule has 5 nitrogen and oxygen atoms in total. The molecule has 112 valence electrons. The summed E-state index contributed by atoms with van der Waals surface area (Å²) in [6, 6.07) is 9.09. The smallest absolute Gasteiger partial charge is 0.307 e. The Morgan fingerprint density at radius 3 is 2.59 bits per heavy atom. The average molecular weight is 333 g/mol. The van der Waals surface area contributed by atoms with Gasteiger partial charge in [0.2, 0.25) is 5.95 Å². The van der Waals surface area contributed by atoms with Gasteiger partial charge in [-0.3, -0.25) is 4.79 Å². The predicted molar refractivity (Wildman–Crippen MR) is 90.1 cm³/mol. The van der Waals surface area contributed by atoms with E-state index >= 15 is 0 Å². The van der Waals surface area contributed by atoms with Crippen LogP contribution in [0.25, 0.3) is 10.6 Å². The molecule has 0 aliphatic rings. The first-order valence-electron chi connectivity index (χ1n) is 6.57. The maximum Gasteiger partial charge on any atom is 0.307 e. The fourth-order valence-electron chi connectivity index (χ4n) is 1.96. The summed E-state index contributed by atoms with van der Waals surface area (Å²) in [5.41, 5.74) is 2.47. The van der Waals surface area contributed by atoms with E-state index in [4.69, 9.17) is 11.6 Å². The van der Waals surface area contributed by atoms with Crippen molar-refractivity contribution < 1.29 is 0 Å². The highest BCUT2D eigenvalue weighted by Gasteiger charge is 2.12. The van der Waals surface area contributed by atoms with Crippen LogP contribution in [0.5, 0.6) is 0 Å². The van der Waals surface area contributed by atoms with Gasteiger partial charge in [-0.25, -0.2) is 9.97 Å². The minimum Gasteiger partial charge on any atom is -0.324 e. The highest BCUT2D eigenvalue weighted by atomic mass is 35.5. The van der Waals surface area contributed by atoms with E-state index in [9.17, 15) is 4.79 Å². The molecule has 0 saturated carbocycles. The van der Waals surface area contributed by atoms with Gasteiger partial charge in [0.25, 0.3) is 0 Å². The van der Waals surface area contributed by atoms with E-state index in [1.165, 1.54) is 11.3 Å². The van der Waals surface area contributed by atoms with Gasteiger partial charge in [0, 0.05) is 29.6 Å². The third kappa shape index (κ3) is 2.88. The summed E-state index contributed by atoms with van der Waals surface area (Å²) >= 11 is 7.05. The Morgan fingerprint density at radius 2 is 1.95 bits per heavy atom. The van der Waals surface area contributed by atoms with Crippen LogP contribution in [0.3, 0.4) is 0 Å². The topological polar surface area (TPSA) is 59.8 Å². The number of hydrogen-bond acceptors (Lipinski definition) is 5. The van der Waals surface area contributed by atoms with Crippen molar-refractivity contribution in [3.63, 3.8) is 0 Å². The Hall–Kier alpha value is -2.18.